The van der Waals surface area contributed by atoms with Crippen LogP contribution in [-0.4, -0.2) is 22.6 Å². The summed E-state index contributed by atoms with van der Waals surface area (Å²) < 4.78 is 2.11. The Bertz CT molecular complexity index is 741. The van der Waals surface area contributed by atoms with Crippen molar-refractivity contribution in [3.63, 3.8) is 0 Å². The second-order valence-corrected chi connectivity index (χ2v) is 6.63. The zero-order chi connectivity index (χ0) is 16.6. The van der Waals surface area contributed by atoms with Gasteiger partial charge in [0.25, 0.3) is 0 Å². The lowest BCUT2D eigenvalue weighted by Gasteiger charge is -2.24. The van der Waals surface area contributed by atoms with Gasteiger partial charge in [0.1, 0.15) is 6.07 Å². The molecule has 1 aliphatic heterocycles. The van der Waals surface area contributed by atoms with Crippen LogP contribution in [0.2, 0.25) is 0 Å². The molecule has 2 heterocycles. The van der Waals surface area contributed by atoms with Gasteiger partial charge in [0.05, 0.1) is 5.56 Å². The number of hydrogen-bond donors (Lipinski definition) is 0. The van der Waals surface area contributed by atoms with Crippen LogP contribution >= 0.6 is 0 Å². The lowest BCUT2D eigenvalue weighted by atomic mass is 9.98. The average Bonchev–Trinajstić information content (AvgIpc) is 3.18. The Morgan fingerprint density at radius 3 is 2.22 bits per heavy atom. The summed E-state index contributed by atoms with van der Waals surface area (Å²) in [6.45, 7) is 8.80. The van der Waals surface area contributed by atoms with Gasteiger partial charge in [-0.3, -0.25) is 4.90 Å². The number of nitrogens with zero attached hydrogens (tertiary/aromatic N) is 3. The summed E-state index contributed by atoms with van der Waals surface area (Å²) >= 11 is 0. The molecule has 3 rings (SSSR count). The second-order valence-electron chi connectivity index (χ2n) is 6.63. The number of hydrogen-bond acceptors (Lipinski definition) is 2. The first kappa shape index (κ1) is 15.8. The minimum Gasteiger partial charge on any atom is -0.350 e. The number of rotatable bonds is 3. The van der Waals surface area contributed by atoms with Gasteiger partial charge >= 0.3 is 0 Å². The van der Waals surface area contributed by atoms with Crippen molar-refractivity contribution >= 4 is 0 Å². The predicted molar refractivity (Wildman–Crippen MR) is 94.3 cm³/mol. The minimum atomic E-state index is 0.473. The maximum atomic E-state index is 9.51. The quantitative estimate of drug-likeness (QED) is 0.845. The second kappa shape index (κ2) is 6.22. The third-order valence-corrected chi connectivity index (χ3v) is 5.46. The van der Waals surface area contributed by atoms with Crippen LogP contribution in [0.1, 0.15) is 48.3 Å². The van der Waals surface area contributed by atoms with Crippen LogP contribution in [0.5, 0.6) is 0 Å². The highest BCUT2D eigenvalue weighted by Crippen LogP contribution is 2.33. The summed E-state index contributed by atoms with van der Waals surface area (Å²) in [7, 11) is 2.03. The van der Waals surface area contributed by atoms with Crippen LogP contribution in [-0.2, 0) is 7.05 Å². The molecule has 2 aromatic rings. The van der Waals surface area contributed by atoms with Gasteiger partial charge in [-0.2, -0.15) is 5.26 Å². The third-order valence-electron chi connectivity index (χ3n) is 5.46. The molecule has 3 nitrogen and oxygen atoms in total. The predicted octanol–water partition coefficient (Wildman–Crippen LogP) is 4.34. The molecule has 0 bridgehead atoms. The molecule has 1 aromatic carbocycles. The van der Waals surface area contributed by atoms with Crippen LogP contribution in [0.4, 0.5) is 0 Å². The molecule has 1 aromatic heterocycles. The van der Waals surface area contributed by atoms with E-state index in [0.717, 1.165) is 28.1 Å². The van der Waals surface area contributed by atoms with E-state index >= 15 is 0 Å². The zero-order valence-corrected chi connectivity index (χ0v) is 14.6. The third kappa shape index (κ3) is 2.68. The molecular weight excluding hydrogens is 282 g/mol. The van der Waals surface area contributed by atoms with Gasteiger partial charge in [-0.15, -0.1) is 0 Å². The van der Waals surface area contributed by atoms with Gasteiger partial charge in [-0.1, -0.05) is 24.3 Å². The van der Waals surface area contributed by atoms with Crippen LogP contribution in [0.15, 0.2) is 24.3 Å². The van der Waals surface area contributed by atoms with Gasteiger partial charge in [0.2, 0.25) is 0 Å². The fraction of sp³-hybridized carbons (Fsp3) is 0.450. The van der Waals surface area contributed by atoms with Gasteiger partial charge in [0, 0.05) is 30.0 Å². The highest BCUT2D eigenvalue weighted by atomic mass is 15.2. The molecule has 120 valence electrons. The van der Waals surface area contributed by atoms with Gasteiger partial charge in [-0.25, -0.2) is 0 Å². The SMILES string of the molecule is Cc1c(C#N)c(-c2ccc(C(C)N3CCCC3)cc2)c(C)n1C. The molecule has 1 fully saturated rings. The van der Waals surface area contributed by atoms with E-state index in [4.69, 9.17) is 0 Å². The highest BCUT2D eigenvalue weighted by Gasteiger charge is 2.20. The van der Waals surface area contributed by atoms with E-state index in [2.05, 4.69) is 53.6 Å². The van der Waals surface area contributed by atoms with E-state index in [-0.39, 0.29) is 0 Å². The Kier molecular flexibility index (Phi) is 4.28. The summed E-state index contributed by atoms with van der Waals surface area (Å²) in [4.78, 5) is 2.55. The molecule has 3 heteroatoms. The van der Waals surface area contributed by atoms with Crippen molar-refractivity contribution < 1.29 is 0 Å². The van der Waals surface area contributed by atoms with E-state index in [9.17, 15) is 5.26 Å². The van der Waals surface area contributed by atoms with Crippen molar-refractivity contribution in [1.82, 2.24) is 9.47 Å². The van der Waals surface area contributed by atoms with Crippen molar-refractivity contribution in [2.24, 2.45) is 7.05 Å². The fourth-order valence-electron chi connectivity index (χ4n) is 3.71. The Balaban J connectivity index is 1.94. The summed E-state index contributed by atoms with van der Waals surface area (Å²) in [5.74, 6) is 0. The molecule has 0 spiro atoms. The lowest BCUT2D eigenvalue weighted by molar-refractivity contribution is 0.263. The Morgan fingerprint density at radius 1 is 1.04 bits per heavy atom. The van der Waals surface area contributed by atoms with Crippen LogP contribution < -0.4 is 0 Å². The Morgan fingerprint density at radius 2 is 1.65 bits per heavy atom. The standard InChI is InChI=1S/C20H25N3/c1-14(23-11-5-6-12-23)17-7-9-18(10-8-17)20-16(3)22(4)15(2)19(20)13-21/h7-10,14H,5-6,11-12H2,1-4H3. The number of aromatic nitrogens is 1. The van der Waals surface area contributed by atoms with Crippen molar-refractivity contribution in [3.05, 3.63) is 46.8 Å². The van der Waals surface area contributed by atoms with Crippen LogP contribution in [0.25, 0.3) is 11.1 Å². The minimum absolute atomic E-state index is 0.473. The Labute approximate surface area is 139 Å². The first-order valence-electron chi connectivity index (χ1n) is 8.45. The average molecular weight is 307 g/mol. The molecule has 1 saturated heterocycles. The first-order chi connectivity index (χ1) is 11.0. The topological polar surface area (TPSA) is 32.0 Å². The summed E-state index contributed by atoms with van der Waals surface area (Å²) in [6, 6.07) is 11.6. The smallest absolute Gasteiger partial charge is 0.102 e. The maximum absolute atomic E-state index is 9.51. The van der Waals surface area contributed by atoms with E-state index in [1.807, 2.05) is 14.0 Å². The molecule has 0 amide bonds. The maximum Gasteiger partial charge on any atom is 0.102 e. The van der Waals surface area contributed by atoms with Crippen molar-refractivity contribution in [2.75, 3.05) is 13.1 Å². The van der Waals surface area contributed by atoms with Gasteiger partial charge in [-0.05, 0) is 57.8 Å². The highest BCUT2D eigenvalue weighted by molar-refractivity contribution is 5.75. The number of nitriles is 1. The summed E-state index contributed by atoms with van der Waals surface area (Å²) in [6.07, 6.45) is 2.63. The van der Waals surface area contributed by atoms with Crippen LogP contribution in [0, 0.1) is 25.2 Å². The number of benzene rings is 1. The molecule has 23 heavy (non-hydrogen) atoms. The van der Waals surface area contributed by atoms with E-state index < -0.39 is 0 Å². The molecule has 0 aliphatic carbocycles. The Hall–Kier alpha value is -2.05. The first-order valence-corrected chi connectivity index (χ1v) is 8.45. The van der Waals surface area contributed by atoms with E-state index in [1.54, 1.807) is 0 Å². The molecular formula is C20H25N3. The number of likely N-dealkylation sites (tertiary alicyclic amines) is 1. The molecule has 0 N–H and O–H groups in total. The van der Waals surface area contributed by atoms with Crippen molar-refractivity contribution in [1.29, 1.82) is 5.26 Å². The molecule has 0 saturated carbocycles. The summed E-state index contributed by atoms with van der Waals surface area (Å²) in [5.41, 5.74) is 6.56. The molecule has 0 radical (unpaired) electrons. The molecule has 1 unspecified atom stereocenters. The van der Waals surface area contributed by atoms with Crippen molar-refractivity contribution in [3.8, 4) is 17.2 Å². The van der Waals surface area contributed by atoms with Crippen LogP contribution in [0.3, 0.4) is 0 Å². The molecule has 1 atom stereocenters. The fourth-order valence-corrected chi connectivity index (χ4v) is 3.71. The van der Waals surface area contributed by atoms with Gasteiger partial charge in [0.15, 0.2) is 0 Å². The van der Waals surface area contributed by atoms with Crippen molar-refractivity contribution in [2.45, 2.75) is 39.7 Å². The summed E-state index contributed by atoms with van der Waals surface area (Å²) in [5, 5.41) is 9.51. The normalized spacial score (nSPS) is 16.5. The lowest BCUT2D eigenvalue weighted by Crippen LogP contribution is -2.23. The van der Waals surface area contributed by atoms with E-state index in [0.29, 0.717) is 6.04 Å². The monoisotopic (exact) mass is 307 g/mol. The zero-order valence-electron chi connectivity index (χ0n) is 14.6. The molecule has 1 aliphatic rings. The largest absolute Gasteiger partial charge is 0.350 e. The van der Waals surface area contributed by atoms with E-state index in [1.165, 1.54) is 31.5 Å². The van der Waals surface area contributed by atoms with Gasteiger partial charge < -0.3 is 4.57 Å².